The van der Waals surface area contributed by atoms with Crippen LogP contribution >= 0.6 is 0 Å². The number of non-ortho nitro benzene ring substituents is 1. The summed E-state index contributed by atoms with van der Waals surface area (Å²) in [6.45, 7) is 0. The van der Waals surface area contributed by atoms with Gasteiger partial charge in [-0.25, -0.2) is 4.98 Å². The summed E-state index contributed by atoms with van der Waals surface area (Å²) in [5.41, 5.74) is 1.19. The molecule has 0 fully saturated rings. The van der Waals surface area contributed by atoms with E-state index in [0.717, 1.165) is 6.20 Å². The third kappa shape index (κ3) is 4.65. The van der Waals surface area contributed by atoms with E-state index >= 15 is 0 Å². The highest BCUT2D eigenvalue weighted by Gasteiger charge is 2.24. The molecule has 1 aromatic carbocycles. The summed E-state index contributed by atoms with van der Waals surface area (Å²) in [5.74, 6) is -2.37. The zero-order valence-electron chi connectivity index (χ0n) is 11.8. The van der Waals surface area contributed by atoms with Gasteiger partial charge < -0.3 is 10.8 Å². The van der Waals surface area contributed by atoms with E-state index in [1.807, 2.05) is 4.98 Å². The molecule has 0 radical (unpaired) electrons. The molecule has 0 spiro atoms. The third-order valence-electron chi connectivity index (χ3n) is 2.47. The molecule has 4 N–H and O–H groups in total. The number of aromatic nitrogens is 2. The highest BCUT2D eigenvalue weighted by atomic mass is 19.1. The Labute approximate surface area is 134 Å². The minimum absolute atomic E-state index is 0.251. The maximum Gasteiger partial charge on any atom is 0.495 e. The van der Waals surface area contributed by atoms with E-state index in [-0.39, 0.29) is 5.82 Å². The number of H-pyrrole nitrogens is 2. The number of nitrogens with zero attached hydrogens (tertiary/aromatic N) is 3. The number of nitrogen functional groups attached to an aromatic ring is 1. The van der Waals surface area contributed by atoms with Crippen LogP contribution in [-0.2, 0) is 0 Å². The van der Waals surface area contributed by atoms with Gasteiger partial charge in [-0.3, -0.25) is 30.3 Å². The zero-order chi connectivity index (χ0) is 19.3. The number of hydrogen-bond acceptors (Lipinski definition) is 9. The lowest BCUT2D eigenvalue weighted by Gasteiger charge is -2.06. The molecular weight excluding hydrogens is 351 g/mol. The van der Waals surface area contributed by atoms with Gasteiger partial charge in [0, 0.05) is 0 Å². The molecule has 0 saturated heterocycles. The molecule has 25 heavy (non-hydrogen) atoms. The number of aromatic amines is 2. The van der Waals surface area contributed by atoms with Gasteiger partial charge >= 0.3 is 5.69 Å². The number of hydrogen-bond donors (Lipinski definition) is 2. The monoisotopic (exact) mass is 358 g/mol. The van der Waals surface area contributed by atoms with Gasteiger partial charge in [0.05, 0.1) is 32.7 Å². The van der Waals surface area contributed by atoms with Crippen molar-refractivity contribution in [2.24, 2.45) is 0 Å². The smallest absolute Gasteiger partial charge is 0.495 e. The number of halogens is 1. The van der Waals surface area contributed by atoms with E-state index in [9.17, 15) is 44.6 Å². The van der Waals surface area contributed by atoms with Crippen molar-refractivity contribution < 1.29 is 29.3 Å². The quantitative estimate of drug-likeness (QED) is 0.526. The predicted octanol–water partition coefficient (Wildman–Crippen LogP) is -0.605. The fraction of sp³-hybridized carbons (Fsp3) is 0. The Balaban J connectivity index is 0.000000293. The number of benzene rings is 1. The standard InChI is InChI=1S/C6H3N3O7.C4H4FN3O/c10-6-4(8(13)14)1-3(7(11)12)2-5(6)9(15)16;5-2-1-7-4(9)8-3(2)6/h1-2,10H;1H,(H3,6,7,8,9). The van der Waals surface area contributed by atoms with Crippen LogP contribution in [0.2, 0.25) is 0 Å². The number of rotatable bonds is 3. The molecule has 2 aromatic rings. The molecule has 2 rings (SSSR count). The van der Waals surface area contributed by atoms with E-state index in [4.69, 9.17) is 5.73 Å². The summed E-state index contributed by atoms with van der Waals surface area (Å²) in [6, 6.07) is 0.769. The van der Waals surface area contributed by atoms with Gasteiger partial charge in [-0.15, -0.1) is 0 Å². The van der Waals surface area contributed by atoms with Gasteiger partial charge in [-0.2, -0.15) is 14.2 Å². The molecule has 0 bridgehead atoms. The summed E-state index contributed by atoms with van der Waals surface area (Å²) < 4.78 is 12.2. The van der Waals surface area contributed by atoms with Crippen molar-refractivity contribution in [3.05, 3.63) is 65.0 Å². The molecule has 15 heteroatoms. The number of nitrogens with two attached hydrogens (primary N) is 1. The van der Waals surface area contributed by atoms with Gasteiger partial charge in [0.15, 0.2) is 0 Å². The lowest BCUT2D eigenvalue weighted by atomic mass is 10.2. The normalized spacial score (nSPS) is 9.64. The number of anilines is 1. The molecule has 0 aliphatic rings. The van der Waals surface area contributed by atoms with Crippen molar-refractivity contribution in [2.75, 3.05) is 5.73 Å². The Hall–Kier alpha value is -4.17. The Morgan fingerprint density at radius 1 is 1.04 bits per heavy atom. The van der Waals surface area contributed by atoms with Crippen molar-refractivity contribution in [1.29, 1.82) is 0 Å². The van der Waals surface area contributed by atoms with E-state index < -0.39 is 49.1 Å². The molecule has 0 saturated carbocycles. The lowest BCUT2D eigenvalue weighted by molar-refractivity contribution is -0.420. The molecule has 0 atom stereocenters. The van der Waals surface area contributed by atoms with Crippen LogP contribution in [0.15, 0.2) is 23.1 Å². The highest BCUT2D eigenvalue weighted by Crippen LogP contribution is 2.36. The second kappa shape index (κ2) is 7.40. The first kappa shape index (κ1) is 18.9. The first-order valence-corrected chi connectivity index (χ1v) is 5.88. The first-order chi connectivity index (χ1) is 11.5. The summed E-state index contributed by atoms with van der Waals surface area (Å²) in [4.78, 5) is 41.9. The fourth-order valence-corrected chi connectivity index (χ4v) is 1.39. The minimum Gasteiger partial charge on any atom is -0.863 e. The van der Waals surface area contributed by atoms with Crippen LogP contribution in [0.3, 0.4) is 0 Å². The zero-order valence-corrected chi connectivity index (χ0v) is 11.8. The molecule has 0 unspecified atom stereocenters. The van der Waals surface area contributed by atoms with Crippen LogP contribution in [0.25, 0.3) is 0 Å². The van der Waals surface area contributed by atoms with Crippen molar-refractivity contribution >= 4 is 22.9 Å². The Kier molecular flexibility index (Phi) is 5.59. The van der Waals surface area contributed by atoms with Gasteiger partial charge in [0.1, 0.15) is 6.20 Å². The van der Waals surface area contributed by atoms with E-state index in [0.29, 0.717) is 12.1 Å². The van der Waals surface area contributed by atoms with E-state index in [2.05, 4.69) is 4.98 Å². The topological polar surface area (TPSA) is 226 Å². The Morgan fingerprint density at radius 3 is 1.84 bits per heavy atom. The van der Waals surface area contributed by atoms with E-state index in [1.165, 1.54) is 0 Å². The second-order valence-corrected chi connectivity index (χ2v) is 4.09. The first-order valence-electron chi connectivity index (χ1n) is 5.88. The van der Waals surface area contributed by atoms with Crippen LogP contribution in [0.4, 0.5) is 27.3 Å². The summed E-state index contributed by atoms with van der Waals surface area (Å²) >= 11 is 0. The average molecular weight is 358 g/mol. The van der Waals surface area contributed by atoms with Crippen molar-refractivity contribution in [3.8, 4) is 5.75 Å². The minimum atomic E-state index is -1.46. The van der Waals surface area contributed by atoms with Crippen LogP contribution in [0.5, 0.6) is 5.75 Å². The second-order valence-electron chi connectivity index (χ2n) is 4.09. The molecule has 0 aliphatic carbocycles. The Bertz CT molecular complexity index is 878. The lowest BCUT2D eigenvalue weighted by Crippen LogP contribution is -2.30. The largest absolute Gasteiger partial charge is 0.863 e. The average Bonchev–Trinajstić information content (AvgIpc) is 2.51. The predicted molar refractivity (Wildman–Crippen MR) is 73.8 cm³/mol. The van der Waals surface area contributed by atoms with Crippen LogP contribution in [0, 0.1) is 36.2 Å². The van der Waals surface area contributed by atoms with Crippen LogP contribution in [-0.4, -0.2) is 19.8 Å². The van der Waals surface area contributed by atoms with Crippen LogP contribution in [0.1, 0.15) is 0 Å². The summed E-state index contributed by atoms with van der Waals surface area (Å²) in [5, 5.41) is 42.1. The summed E-state index contributed by atoms with van der Waals surface area (Å²) in [6.07, 6.45) is 0.897. The van der Waals surface area contributed by atoms with Gasteiger partial charge in [-0.05, 0) is 0 Å². The van der Waals surface area contributed by atoms with Gasteiger partial charge in [0.2, 0.25) is 11.6 Å². The molecule has 0 aliphatic heterocycles. The third-order valence-corrected chi connectivity index (χ3v) is 2.47. The van der Waals surface area contributed by atoms with E-state index in [1.54, 1.807) is 0 Å². The number of nitro groups is 3. The van der Waals surface area contributed by atoms with Crippen molar-refractivity contribution in [2.45, 2.75) is 0 Å². The molecule has 1 heterocycles. The number of nitrogens with one attached hydrogen (secondary N) is 2. The molecule has 0 amide bonds. The number of nitro benzene ring substituents is 3. The molecule has 1 aromatic heterocycles. The fourth-order valence-electron chi connectivity index (χ4n) is 1.39. The van der Waals surface area contributed by atoms with Crippen molar-refractivity contribution in [1.82, 2.24) is 4.98 Å². The van der Waals surface area contributed by atoms with Crippen molar-refractivity contribution in [3.63, 3.8) is 0 Å². The molecule has 14 nitrogen and oxygen atoms in total. The molecular formula is C10H7FN6O8. The maximum atomic E-state index is 12.2. The summed E-state index contributed by atoms with van der Waals surface area (Å²) in [7, 11) is 0. The Morgan fingerprint density at radius 2 is 1.52 bits per heavy atom. The van der Waals surface area contributed by atoms with Gasteiger partial charge in [0.25, 0.3) is 17.1 Å². The van der Waals surface area contributed by atoms with Gasteiger partial charge in [-0.1, -0.05) is 0 Å². The highest BCUT2D eigenvalue weighted by molar-refractivity contribution is 5.63. The maximum absolute atomic E-state index is 12.2. The SMILES string of the molecule is Nc1[nH]c(=O)[nH+]cc1F.O=[N+]([O-])c1cc([N+](=O)[O-])c([O-])c([N+](=O)[O-])c1. The van der Waals surface area contributed by atoms with Crippen LogP contribution < -0.4 is 21.5 Å². The molecule has 132 valence electrons.